The van der Waals surface area contributed by atoms with E-state index in [1.165, 1.54) is 11.1 Å². The molecule has 0 aromatic heterocycles. The summed E-state index contributed by atoms with van der Waals surface area (Å²) in [7, 11) is 0. The first kappa shape index (κ1) is 13.3. The van der Waals surface area contributed by atoms with Crippen LogP contribution in [0.15, 0.2) is 54.6 Å². The molecular formula is C17H18O2. The van der Waals surface area contributed by atoms with Crippen LogP contribution in [0.3, 0.4) is 0 Å². The van der Waals surface area contributed by atoms with Crippen molar-refractivity contribution in [2.45, 2.75) is 19.8 Å². The molecular weight excluding hydrogens is 236 g/mol. The minimum absolute atomic E-state index is 0.168. The third-order valence-corrected chi connectivity index (χ3v) is 2.97. The van der Waals surface area contributed by atoms with Gasteiger partial charge in [-0.1, -0.05) is 60.2 Å². The van der Waals surface area contributed by atoms with Gasteiger partial charge in [0.05, 0.1) is 13.0 Å². The lowest BCUT2D eigenvalue weighted by Crippen LogP contribution is -2.10. The van der Waals surface area contributed by atoms with E-state index in [9.17, 15) is 4.79 Å². The molecule has 0 atom stereocenters. The van der Waals surface area contributed by atoms with Gasteiger partial charge in [0.2, 0.25) is 0 Å². The van der Waals surface area contributed by atoms with Gasteiger partial charge in [-0.2, -0.15) is 0 Å². The molecule has 0 fully saturated rings. The number of ether oxygens (including phenoxy) is 1. The van der Waals surface area contributed by atoms with Crippen LogP contribution in [0.5, 0.6) is 0 Å². The van der Waals surface area contributed by atoms with Crippen molar-refractivity contribution in [3.05, 3.63) is 71.3 Å². The Kier molecular flexibility index (Phi) is 4.73. The minimum Gasteiger partial charge on any atom is -0.465 e. The Morgan fingerprint density at radius 1 is 0.947 bits per heavy atom. The Hall–Kier alpha value is -2.09. The molecule has 2 aromatic rings. The fourth-order valence-electron chi connectivity index (χ4n) is 1.85. The van der Waals surface area contributed by atoms with E-state index in [1.807, 2.05) is 30.3 Å². The summed E-state index contributed by atoms with van der Waals surface area (Å²) in [5.74, 6) is -0.168. The van der Waals surface area contributed by atoms with E-state index in [1.54, 1.807) is 0 Å². The minimum atomic E-state index is -0.168. The lowest BCUT2D eigenvalue weighted by molar-refractivity contribution is -0.142. The van der Waals surface area contributed by atoms with Crippen molar-refractivity contribution >= 4 is 5.97 Å². The average molecular weight is 254 g/mol. The van der Waals surface area contributed by atoms with Crippen molar-refractivity contribution < 1.29 is 9.53 Å². The summed E-state index contributed by atoms with van der Waals surface area (Å²) in [6.07, 6.45) is 1.11. The van der Waals surface area contributed by atoms with Gasteiger partial charge in [-0.05, 0) is 18.1 Å². The molecule has 0 spiro atoms. The highest BCUT2D eigenvalue weighted by Gasteiger charge is 2.04. The molecule has 0 N–H and O–H groups in total. The topological polar surface area (TPSA) is 26.3 Å². The Labute approximate surface area is 114 Å². The zero-order chi connectivity index (χ0) is 13.5. The van der Waals surface area contributed by atoms with Gasteiger partial charge >= 0.3 is 5.97 Å². The SMILES string of the molecule is Cc1ccc(CCOC(=O)Cc2ccccc2)cc1. The van der Waals surface area contributed by atoms with Gasteiger partial charge in [-0.25, -0.2) is 0 Å². The second kappa shape index (κ2) is 6.74. The van der Waals surface area contributed by atoms with Crippen LogP contribution in [0.2, 0.25) is 0 Å². The number of rotatable bonds is 5. The summed E-state index contributed by atoms with van der Waals surface area (Å²) in [6.45, 7) is 2.50. The van der Waals surface area contributed by atoms with Gasteiger partial charge in [0.15, 0.2) is 0 Å². The molecule has 2 nitrogen and oxygen atoms in total. The summed E-state index contributed by atoms with van der Waals surface area (Å²) in [5.41, 5.74) is 3.42. The van der Waals surface area contributed by atoms with Crippen LogP contribution in [-0.4, -0.2) is 12.6 Å². The molecule has 98 valence electrons. The number of esters is 1. The van der Waals surface area contributed by atoms with Crippen LogP contribution in [0.1, 0.15) is 16.7 Å². The molecule has 0 saturated carbocycles. The van der Waals surface area contributed by atoms with Crippen molar-refractivity contribution in [1.29, 1.82) is 0 Å². The van der Waals surface area contributed by atoms with Crippen LogP contribution in [0, 0.1) is 6.92 Å². The fraction of sp³-hybridized carbons (Fsp3) is 0.235. The van der Waals surface area contributed by atoms with Gasteiger partial charge in [0.25, 0.3) is 0 Å². The van der Waals surface area contributed by atoms with Gasteiger partial charge in [-0.3, -0.25) is 4.79 Å². The second-order valence-corrected chi connectivity index (χ2v) is 4.62. The maximum atomic E-state index is 11.6. The molecule has 0 heterocycles. The van der Waals surface area contributed by atoms with E-state index in [-0.39, 0.29) is 5.97 Å². The molecule has 2 heteroatoms. The molecule has 2 aromatic carbocycles. The Morgan fingerprint density at radius 3 is 2.32 bits per heavy atom. The normalized spacial score (nSPS) is 10.2. The summed E-state index contributed by atoms with van der Waals surface area (Å²) in [6, 6.07) is 17.9. The molecule has 19 heavy (non-hydrogen) atoms. The lowest BCUT2D eigenvalue weighted by Gasteiger charge is -2.05. The molecule has 2 rings (SSSR count). The summed E-state index contributed by atoms with van der Waals surface area (Å²) in [4.78, 5) is 11.6. The third kappa shape index (κ3) is 4.59. The number of carbonyl (C=O) groups excluding carboxylic acids is 1. The Morgan fingerprint density at radius 2 is 1.63 bits per heavy atom. The molecule has 0 unspecified atom stereocenters. The van der Waals surface area contributed by atoms with Crippen molar-refractivity contribution in [2.75, 3.05) is 6.61 Å². The summed E-state index contributed by atoms with van der Waals surface area (Å²) >= 11 is 0. The van der Waals surface area contributed by atoms with E-state index in [4.69, 9.17) is 4.74 Å². The highest BCUT2D eigenvalue weighted by Crippen LogP contribution is 2.05. The smallest absolute Gasteiger partial charge is 0.310 e. The van der Waals surface area contributed by atoms with E-state index < -0.39 is 0 Å². The summed E-state index contributed by atoms with van der Waals surface area (Å²) < 4.78 is 5.24. The van der Waals surface area contributed by atoms with Crippen molar-refractivity contribution in [3.8, 4) is 0 Å². The quantitative estimate of drug-likeness (QED) is 0.765. The third-order valence-electron chi connectivity index (χ3n) is 2.97. The van der Waals surface area contributed by atoms with E-state index in [0.29, 0.717) is 13.0 Å². The predicted octanol–water partition coefficient (Wildman–Crippen LogP) is 3.32. The van der Waals surface area contributed by atoms with Crippen LogP contribution >= 0.6 is 0 Å². The molecule has 0 aliphatic rings. The molecule has 0 bridgehead atoms. The number of hydrogen-bond donors (Lipinski definition) is 0. The van der Waals surface area contributed by atoms with E-state index >= 15 is 0 Å². The van der Waals surface area contributed by atoms with Crippen molar-refractivity contribution in [2.24, 2.45) is 0 Å². The van der Waals surface area contributed by atoms with E-state index in [0.717, 1.165) is 12.0 Å². The number of carbonyl (C=O) groups is 1. The monoisotopic (exact) mass is 254 g/mol. The maximum absolute atomic E-state index is 11.6. The van der Waals surface area contributed by atoms with Crippen LogP contribution in [0.25, 0.3) is 0 Å². The molecule has 0 aliphatic carbocycles. The number of aryl methyl sites for hydroxylation is 1. The lowest BCUT2D eigenvalue weighted by atomic mass is 10.1. The first-order chi connectivity index (χ1) is 9.24. The number of hydrogen-bond acceptors (Lipinski definition) is 2. The molecule has 0 aliphatic heterocycles. The zero-order valence-corrected chi connectivity index (χ0v) is 11.1. The van der Waals surface area contributed by atoms with E-state index in [2.05, 4.69) is 31.2 Å². The van der Waals surface area contributed by atoms with Gasteiger partial charge in [-0.15, -0.1) is 0 Å². The first-order valence-electron chi connectivity index (χ1n) is 6.49. The van der Waals surface area contributed by atoms with Crippen LogP contribution < -0.4 is 0 Å². The van der Waals surface area contributed by atoms with Crippen molar-refractivity contribution in [3.63, 3.8) is 0 Å². The maximum Gasteiger partial charge on any atom is 0.310 e. The van der Waals surface area contributed by atoms with Crippen molar-refractivity contribution in [1.82, 2.24) is 0 Å². The van der Waals surface area contributed by atoms with Gasteiger partial charge in [0, 0.05) is 6.42 Å². The first-order valence-corrected chi connectivity index (χ1v) is 6.49. The Balaban J connectivity index is 1.74. The Bertz CT molecular complexity index is 515. The fourth-order valence-corrected chi connectivity index (χ4v) is 1.85. The van der Waals surface area contributed by atoms with Crippen LogP contribution in [0.4, 0.5) is 0 Å². The largest absolute Gasteiger partial charge is 0.465 e. The standard InChI is InChI=1S/C17H18O2/c1-14-7-9-15(10-8-14)11-12-19-17(18)13-16-5-3-2-4-6-16/h2-10H,11-13H2,1H3. The van der Waals surface area contributed by atoms with Gasteiger partial charge in [0.1, 0.15) is 0 Å². The molecule has 0 amide bonds. The van der Waals surface area contributed by atoms with Crippen LogP contribution in [-0.2, 0) is 22.4 Å². The van der Waals surface area contributed by atoms with Gasteiger partial charge < -0.3 is 4.74 Å². The predicted molar refractivity (Wildman–Crippen MR) is 76.0 cm³/mol. The summed E-state index contributed by atoms with van der Waals surface area (Å²) in [5, 5.41) is 0. The number of benzene rings is 2. The molecule has 0 radical (unpaired) electrons. The second-order valence-electron chi connectivity index (χ2n) is 4.62. The highest BCUT2D eigenvalue weighted by atomic mass is 16.5. The zero-order valence-electron chi connectivity index (χ0n) is 11.1. The average Bonchev–Trinajstić information content (AvgIpc) is 2.42. The highest BCUT2D eigenvalue weighted by molar-refractivity contribution is 5.72. The molecule has 0 saturated heterocycles.